The maximum absolute atomic E-state index is 12.8. The van der Waals surface area contributed by atoms with Gasteiger partial charge in [0.1, 0.15) is 0 Å². The molecule has 2 saturated carbocycles. The van der Waals surface area contributed by atoms with Gasteiger partial charge in [0, 0.05) is 11.5 Å². The van der Waals surface area contributed by atoms with Crippen LogP contribution < -0.4 is 5.73 Å². The fourth-order valence-electron chi connectivity index (χ4n) is 2.75. The van der Waals surface area contributed by atoms with Crippen LogP contribution in [0.1, 0.15) is 38.5 Å². The Morgan fingerprint density at radius 3 is 2.20 bits per heavy atom. The van der Waals surface area contributed by atoms with Crippen molar-refractivity contribution in [2.24, 2.45) is 11.7 Å². The molecule has 0 aliphatic heterocycles. The predicted octanol–water partition coefficient (Wildman–Crippen LogP) is 1.96. The van der Waals surface area contributed by atoms with Gasteiger partial charge in [0.05, 0.1) is 0 Å². The molecule has 0 heterocycles. The minimum absolute atomic E-state index is 0.194. The summed E-state index contributed by atoms with van der Waals surface area (Å²) in [5.41, 5.74) is 2.53. The van der Waals surface area contributed by atoms with E-state index in [0.29, 0.717) is 25.7 Å². The zero-order valence-corrected chi connectivity index (χ0v) is 8.48. The van der Waals surface area contributed by atoms with E-state index >= 15 is 0 Å². The van der Waals surface area contributed by atoms with Crippen molar-refractivity contribution in [2.75, 3.05) is 0 Å². The monoisotopic (exact) mass is 223 g/mol. The lowest BCUT2D eigenvalue weighted by atomic mass is 9.70. The zero-order chi connectivity index (χ0) is 11.3. The zero-order valence-electron chi connectivity index (χ0n) is 8.48. The van der Waals surface area contributed by atoms with Gasteiger partial charge < -0.3 is 10.8 Å². The van der Waals surface area contributed by atoms with Gasteiger partial charge in [-0.1, -0.05) is 12.8 Å². The van der Waals surface area contributed by atoms with Crippen LogP contribution in [0.2, 0.25) is 0 Å². The number of hydrogen-bond donors (Lipinski definition) is 2. The molecule has 0 bridgehead atoms. The fourth-order valence-corrected chi connectivity index (χ4v) is 2.75. The van der Waals surface area contributed by atoms with E-state index in [1.54, 1.807) is 0 Å². The Kier molecular flexibility index (Phi) is 2.32. The molecule has 2 nitrogen and oxygen atoms in total. The second kappa shape index (κ2) is 3.10. The minimum atomic E-state index is -4.55. The van der Waals surface area contributed by atoms with E-state index in [1.165, 1.54) is 0 Å². The van der Waals surface area contributed by atoms with E-state index in [9.17, 15) is 18.3 Å². The number of hydrogen-bond acceptors (Lipinski definition) is 2. The van der Waals surface area contributed by atoms with Crippen LogP contribution in [0, 0.1) is 5.92 Å². The van der Waals surface area contributed by atoms with E-state index in [4.69, 9.17) is 5.73 Å². The van der Waals surface area contributed by atoms with Crippen LogP contribution in [-0.2, 0) is 0 Å². The molecule has 0 aromatic rings. The van der Waals surface area contributed by atoms with Gasteiger partial charge >= 0.3 is 6.18 Å². The van der Waals surface area contributed by atoms with Crippen LogP contribution >= 0.6 is 0 Å². The highest BCUT2D eigenvalue weighted by Gasteiger charge is 2.65. The number of aliphatic hydroxyl groups is 1. The van der Waals surface area contributed by atoms with Gasteiger partial charge in [-0.3, -0.25) is 0 Å². The topological polar surface area (TPSA) is 46.2 Å². The van der Waals surface area contributed by atoms with E-state index in [2.05, 4.69) is 0 Å². The summed E-state index contributed by atoms with van der Waals surface area (Å²) < 4.78 is 38.5. The first-order valence-corrected chi connectivity index (χ1v) is 5.38. The van der Waals surface area contributed by atoms with E-state index < -0.39 is 23.2 Å². The summed E-state index contributed by atoms with van der Waals surface area (Å²) in [5, 5.41) is 9.84. The Bertz CT molecular complexity index is 262. The Labute approximate surface area is 86.6 Å². The van der Waals surface area contributed by atoms with Crippen LogP contribution in [0.3, 0.4) is 0 Å². The maximum atomic E-state index is 12.8. The second-order valence-corrected chi connectivity index (χ2v) is 4.95. The van der Waals surface area contributed by atoms with Gasteiger partial charge in [-0.25, -0.2) is 0 Å². The molecule has 2 aliphatic rings. The summed E-state index contributed by atoms with van der Waals surface area (Å²) in [6.45, 7) is 0. The molecule has 0 spiro atoms. The molecule has 0 aromatic heterocycles. The molecule has 0 saturated heterocycles. The lowest BCUT2D eigenvalue weighted by Crippen LogP contribution is -2.59. The van der Waals surface area contributed by atoms with Crippen molar-refractivity contribution >= 4 is 0 Å². The molecule has 2 aliphatic carbocycles. The van der Waals surface area contributed by atoms with Gasteiger partial charge in [0.15, 0.2) is 5.60 Å². The molecule has 2 unspecified atom stereocenters. The van der Waals surface area contributed by atoms with Crippen molar-refractivity contribution in [3.63, 3.8) is 0 Å². The smallest absolute Gasteiger partial charge is 0.380 e. The number of halogens is 3. The van der Waals surface area contributed by atoms with E-state index in [0.717, 1.165) is 6.42 Å². The minimum Gasteiger partial charge on any atom is -0.380 e. The number of nitrogens with two attached hydrogens (primary N) is 1. The fraction of sp³-hybridized carbons (Fsp3) is 1.00. The van der Waals surface area contributed by atoms with Gasteiger partial charge in [0.2, 0.25) is 0 Å². The van der Waals surface area contributed by atoms with Gasteiger partial charge in [0.25, 0.3) is 0 Å². The van der Waals surface area contributed by atoms with Crippen LogP contribution in [0.5, 0.6) is 0 Å². The van der Waals surface area contributed by atoms with Crippen LogP contribution in [0.4, 0.5) is 13.2 Å². The molecule has 15 heavy (non-hydrogen) atoms. The molecule has 2 rings (SSSR count). The third-order valence-electron chi connectivity index (χ3n) is 3.89. The molecule has 0 radical (unpaired) electrons. The summed E-state index contributed by atoms with van der Waals surface area (Å²) >= 11 is 0. The molecule has 2 atom stereocenters. The molecule has 0 aromatic carbocycles. The highest BCUT2D eigenvalue weighted by atomic mass is 19.4. The van der Waals surface area contributed by atoms with Crippen molar-refractivity contribution in [3.05, 3.63) is 0 Å². The Hall–Kier alpha value is -0.290. The lowest BCUT2D eigenvalue weighted by molar-refractivity contribution is -0.292. The average Bonchev–Trinajstić information content (AvgIpc) is 2.83. The van der Waals surface area contributed by atoms with Crippen molar-refractivity contribution < 1.29 is 18.3 Å². The molecule has 88 valence electrons. The molecular weight excluding hydrogens is 207 g/mol. The number of alkyl halides is 3. The van der Waals surface area contributed by atoms with Crippen molar-refractivity contribution in [2.45, 2.75) is 55.8 Å². The van der Waals surface area contributed by atoms with Crippen LogP contribution in [0.25, 0.3) is 0 Å². The van der Waals surface area contributed by atoms with Gasteiger partial charge in [-0.05, 0) is 25.7 Å². The molecule has 3 N–H and O–H groups in total. The highest BCUT2D eigenvalue weighted by molar-refractivity contribution is 5.13. The largest absolute Gasteiger partial charge is 0.417 e. The van der Waals surface area contributed by atoms with E-state index in [1.807, 2.05) is 0 Å². The SMILES string of the molecule is NC1(C2CCCCC2(O)C(F)(F)F)CC1. The van der Waals surface area contributed by atoms with Crippen LogP contribution in [0.15, 0.2) is 0 Å². The Balaban J connectivity index is 2.26. The first kappa shape index (κ1) is 11.2. The van der Waals surface area contributed by atoms with Crippen molar-refractivity contribution in [1.82, 2.24) is 0 Å². The third-order valence-corrected chi connectivity index (χ3v) is 3.89. The molecular formula is C10H16F3NO. The van der Waals surface area contributed by atoms with Gasteiger partial charge in [-0.15, -0.1) is 0 Å². The predicted molar refractivity (Wildman–Crippen MR) is 49.1 cm³/mol. The van der Waals surface area contributed by atoms with E-state index in [-0.39, 0.29) is 6.42 Å². The Morgan fingerprint density at radius 2 is 1.73 bits per heavy atom. The van der Waals surface area contributed by atoms with Gasteiger partial charge in [-0.2, -0.15) is 13.2 Å². The summed E-state index contributed by atoms with van der Waals surface area (Å²) in [4.78, 5) is 0. The third kappa shape index (κ3) is 1.65. The Morgan fingerprint density at radius 1 is 1.13 bits per heavy atom. The quantitative estimate of drug-likeness (QED) is 0.713. The second-order valence-electron chi connectivity index (χ2n) is 4.95. The normalized spacial score (nSPS) is 40.2. The summed E-state index contributed by atoms with van der Waals surface area (Å²) in [6, 6.07) is 0. The number of rotatable bonds is 1. The first-order valence-electron chi connectivity index (χ1n) is 5.38. The molecule has 2 fully saturated rings. The standard InChI is InChI=1S/C10H16F3NO/c11-10(12,13)9(15)4-2-1-3-7(9)8(14)5-6-8/h7,15H,1-6,14H2. The molecule has 5 heteroatoms. The van der Waals surface area contributed by atoms with Crippen molar-refractivity contribution in [1.29, 1.82) is 0 Å². The first-order chi connectivity index (χ1) is 6.80. The van der Waals surface area contributed by atoms with Crippen molar-refractivity contribution in [3.8, 4) is 0 Å². The van der Waals surface area contributed by atoms with Crippen LogP contribution in [-0.4, -0.2) is 22.4 Å². The maximum Gasteiger partial charge on any atom is 0.417 e. The summed E-state index contributed by atoms with van der Waals surface area (Å²) in [5.74, 6) is -0.807. The average molecular weight is 223 g/mol. The summed E-state index contributed by atoms with van der Waals surface area (Å²) in [6.07, 6.45) is -1.96. The lowest BCUT2D eigenvalue weighted by Gasteiger charge is -2.44. The summed E-state index contributed by atoms with van der Waals surface area (Å²) in [7, 11) is 0. The highest BCUT2D eigenvalue weighted by Crippen LogP contribution is 2.55. The molecule has 0 amide bonds.